The van der Waals surface area contributed by atoms with E-state index in [1.54, 1.807) is 17.0 Å². The Hall–Kier alpha value is -2.47. The predicted molar refractivity (Wildman–Crippen MR) is 159 cm³/mol. The van der Waals surface area contributed by atoms with E-state index in [2.05, 4.69) is 5.32 Å². The van der Waals surface area contributed by atoms with Gasteiger partial charge in [-0.25, -0.2) is 0 Å². The summed E-state index contributed by atoms with van der Waals surface area (Å²) in [5.74, 6) is 0.686. The molecule has 0 aromatic heterocycles. The Bertz CT molecular complexity index is 1190. The van der Waals surface area contributed by atoms with Gasteiger partial charge in [0.2, 0.25) is 11.8 Å². The number of carbonyl (C=O) groups is 2. The van der Waals surface area contributed by atoms with Gasteiger partial charge in [0.05, 0.1) is 5.75 Å². The van der Waals surface area contributed by atoms with Crippen LogP contribution in [-0.2, 0) is 28.3 Å². The maximum absolute atomic E-state index is 13.8. The lowest BCUT2D eigenvalue weighted by Crippen LogP contribution is -2.53. The Morgan fingerprint density at radius 2 is 1.55 bits per heavy atom. The number of amides is 2. The van der Waals surface area contributed by atoms with Crippen molar-refractivity contribution in [3.05, 3.63) is 106 Å². The zero-order valence-electron chi connectivity index (χ0n) is 21.5. The molecule has 3 aromatic rings. The van der Waals surface area contributed by atoms with Crippen molar-refractivity contribution >= 4 is 46.8 Å². The highest BCUT2D eigenvalue weighted by molar-refractivity contribution is 7.99. The second-order valence-electron chi connectivity index (χ2n) is 9.78. The number of thioether (sulfide) groups is 1. The summed E-state index contributed by atoms with van der Waals surface area (Å²) in [5, 5.41) is 4.46. The molecule has 0 radical (unpaired) electrons. The zero-order valence-corrected chi connectivity index (χ0v) is 23.8. The van der Waals surface area contributed by atoms with Crippen LogP contribution in [0.2, 0.25) is 10.0 Å². The van der Waals surface area contributed by atoms with Crippen molar-refractivity contribution < 1.29 is 9.59 Å². The SMILES string of the molecule is O=C(NC1CCCCC1)[C@H](Cc1ccccc1)N(Cc1ccccc1)C(=O)CSCc1ccc(Cl)cc1Cl. The standard InChI is InChI=1S/C31H34Cl2N2O2S/c32-26-17-16-25(28(33)19-26)21-38-22-30(36)35(20-24-12-6-2-7-13-24)29(18-23-10-4-1-5-11-23)31(37)34-27-14-8-3-9-15-27/h1-2,4-7,10-13,16-17,19,27,29H,3,8-9,14-15,18,20-22H2,(H,34,37)/t29-/m0/s1. The molecular weight excluding hydrogens is 535 g/mol. The van der Waals surface area contributed by atoms with E-state index >= 15 is 0 Å². The summed E-state index contributed by atoms with van der Waals surface area (Å²) in [7, 11) is 0. The van der Waals surface area contributed by atoms with Crippen LogP contribution in [0.15, 0.2) is 78.9 Å². The Morgan fingerprint density at radius 1 is 0.895 bits per heavy atom. The van der Waals surface area contributed by atoms with E-state index in [0.717, 1.165) is 42.4 Å². The highest BCUT2D eigenvalue weighted by Gasteiger charge is 2.31. The van der Waals surface area contributed by atoms with Gasteiger partial charge in [0.15, 0.2) is 0 Å². The first-order valence-corrected chi connectivity index (χ1v) is 15.1. The second-order valence-corrected chi connectivity index (χ2v) is 11.6. The fourth-order valence-electron chi connectivity index (χ4n) is 4.85. The van der Waals surface area contributed by atoms with E-state index in [9.17, 15) is 9.59 Å². The first-order valence-electron chi connectivity index (χ1n) is 13.2. The fraction of sp³-hybridized carbons (Fsp3) is 0.355. The lowest BCUT2D eigenvalue weighted by Gasteiger charge is -2.33. The largest absolute Gasteiger partial charge is 0.352 e. The van der Waals surface area contributed by atoms with Gasteiger partial charge in [-0.05, 0) is 41.7 Å². The highest BCUT2D eigenvalue weighted by Crippen LogP contribution is 2.26. The van der Waals surface area contributed by atoms with Gasteiger partial charge in [0, 0.05) is 34.8 Å². The average molecular weight is 570 g/mol. The Kier molecular flexibility index (Phi) is 11.0. The van der Waals surface area contributed by atoms with Crippen molar-refractivity contribution in [1.29, 1.82) is 0 Å². The van der Waals surface area contributed by atoms with E-state index < -0.39 is 6.04 Å². The minimum absolute atomic E-state index is 0.0661. The summed E-state index contributed by atoms with van der Waals surface area (Å²) in [6.45, 7) is 0.373. The molecule has 1 saturated carbocycles. The van der Waals surface area contributed by atoms with Gasteiger partial charge in [0.25, 0.3) is 0 Å². The fourth-order valence-corrected chi connectivity index (χ4v) is 6.32. The van der Waals surface area contributed by atoms with Crippen LogP contribution in [0.4, 0.5) is 0 Å². The molecule has 0 spiro atoms. The quantitative estimate of drug-likeness (QED) is 0.263. The van der Waals surface area contributed by atoms with Crippen LogP contribution >= 0.6 is 35.0 Å². The molecule has 0 unspecified atom stereocenters. The van der Waals surface area contributed by atoms with Gasteiger partial charge in [-0.1, -0.05) is 109 Å². The molecular formula is C31H34Cl2N2O2S. The number of carbonyl (C=O) groups excluding carboxylic acids is 2. The van der Waals surface area contributed by atoms with E-state index in [1.165, 1.54) is 18.2 Å². The van der Waals surface area contributed by atoms with E-state index in [-0.39, 0.29) is 23.6 Å². The summed E-state index contributed by atoms with van der Waals surface area (Å²) >= 11 is 13.9. The molecule has 4 rings (SSSR count). The Labute approximate surface area is 240 Å². The number of halogens is 2. The number of hydrogen-bond donors (Lipinski definition) is 1. The molecule has 4 nitrogen and oxygen atoms in total. The zero-order chi connectivity index (χ0) is 26.7. The minimum atomic E-state index is -0.605. The molecule has 3 aromatic carbocycles. The van der Waals surface area contributed by atoms with Crippen molar-refractivity contribution in [2.75, 3.05) is 5.75 Å². The average Bonchev–Trinajstić information content (AvgIpc) is 2.93. The number of benzene rings is 3. The molecule has 200 valence electrons. The second kappa shape index (κ2) is 14.6. The first kappa shape index (κ1) is 28.5. The third-order valence-electron chi connectivity index (χ3n) is 6.92. The lowest BCUT2D eigenvalue weighted by atomic mass is 9.94. The maximum Gasteiger partial charge on any atom is 0.243 e. The van der Waals surface area contributed by atoms with Crippen molar-refractivity contribution in [1.82, 2.24) is 10.2 Å². The molecule has 1 N–H and O–H groups in total. The molecule has 0 heterocycles. The molecule has 1 aliphatic rings. The van der Waals surface area contributed by atoms with E-state index in [0.29, 0.717) is 28.8 Å². The van der Waals surface area contributed by atoms with Crippen molar-refractivity contribution in [3.8, 4) is 0 Å². The molecule has 0 bridgehead atoms. The van der Waals surface area contributed by atoms with Crippen LogP contribution < -0.4 is 5.32 Å². The number of rotatable bonds is 11. The lowest BCUT2D eigenvalue weighted by molar-refractivity contribution is -0.139. The van der Waals surface area contributed by atoms with Gasteiger partial charge < -0.3 is 10.2 Å². The monoisotopic (exact) mass is 568 g/mol. The highest BCUT2D eigenvalue weighted by atomic mass is 35.5. The number of hydrogen-bond acceptors (Lipinski definition) is 3. The Morgan fingerprint density at radius 3 is 2.21 bits per heavy atom. The summed E-state index contributed by atoms with van der Waals surface area (Å²) in [6.07, 6.45) is 5.93. The third-order valence-corrected chi connectivity index (χ3v) is 8.47. The third kappa shape index (κ3) is 8.52. The van der Waals surface area contributed by atoms with Crippen molar-refractivity contribution in [3.63, 3.8) is 0 Å². The van der Waals surface area contributed by atoms with Gasteiger partial charge in [-0.3, -0.25) is 9.59 Å². The van der Waals surface area contributed by atoms with Crippen LogP contribution in [-0.4, -0.2) is 34.6 Å². The molecule has 1 aliphatic carbocycles. The molecule has 2 amide bonds. The Balaban J connectivity index is 1.55. The maximum atomic E-state index is 13.8. The van der Waals surface area contributed by atoms with Crippen LogP contribution in [0.5, 0.6) is 0 Å². The van der Waals surface area contributed by atoms with E-state index in [4.69, 9.17) is 23.2 Å². The van der Waals surface area contributed by atoms with Crippen LogP contribution in [0.3, 0.4) is 0 Å². The van der Waals surface area contributed by atoms with Crippen LogP contribution in [0.25, 0.3) is 0 Å². The van der Waals surface area contributed by atoms with Gasteiger partial charge in [-0.15, -0.1) is 11.8 Å². The number of nitrogens with one attached hydrogen (secondary N) is 1. The summed E-state index contributed by atoms with van der Waals surface area (Å²) in [5.41, 5.74) is 2.96. The van der Waals surface area contributed by atoms with Gasteiger partial charge in [-0.2, -0.15) is 0 Å². The van der Waals surface area contributed by atoms with Crippen LogP contribution in [0.1, 0.15) is 48.8 Å². The first-order chi connectivity index (χ1) is 18.5. The van der Waals surface area contributed by atoms with Gasteiger partial charge in [0.1, 0.15) is 6.04 Å². The topological polar surface area (TPSA) is 49.4 Å². The summed E-state index contributed by atoms with van der Waals surface area (Å²) in [4.78, 5) is 29.3. The molecule has 0 aliphatic heterocycles. The summed E-state index contributed by atoms with van der Waals surface area (Å²) in [6, 6.07) is 24.8. The smallest absolute Gasteiger partial charge is 0.243 e. The van der Waals surface area contributed by atoms with Crippen molar-refractivity contribution in [2.24, 2.45) is 0 Å². The molecule has 7 heteroatoms. The molecule has 1 fully saturated rings. The molecule has 1 atom stereocenters. The van der Waals surface area contributed by atoms with Crippen LogP contribution in [0, 0.1) is 0 Å². The predicted octanol–water partition coefficient (Wildman–Crippen LogP) is 7.32. The molecule has 38 heavy (non-hydrogen) atoms. The minimum Gasteiger partial charge on any atom is -0.352 e. The van der Waals surface area contributed by atoms with Crippen molar-refractivity contribution in [2.45, 2.75) is 62.9 Å². The van der Waals surface area contributed by atoms with E-state index in [1.807, 2.05) is 66.7 Å². The molecule has 0 saturated heterocycles. The summed E-state index contributed by atoms with van der Waals surface area (Å²) < 4.78 is 0. The number of nitrogens with zero attached hydrogens (tertiary/aromatic N) is 1. The van der Waals surface area contributed by atoms with Gasteiger partial charge >= 0.3 is 0 Å². The normalized spacial score (nSPS) is 14.6.